The van der Waals surface area contributed by atoms with Gasteiger partial charge in [0.25, 0.3) is 0 Å². The molecule has 3 rings (SSSR count). The minimum absolute atomic E-state index is 0.0887. The molecule has 0 radical (unpaired) electrons. The predicted octanol–water partition coefficient (Wildman–Crippen LogP) is 2.36. The van der Waals surface area contributed by atoms with Gasteiger partial charge >= 0.3 is 0 Å². The van der Waals surface area contributed by atoms with E-state index in [0.29, 0.717) is 0 Å². The summed E-state index contributed by atoms with van der Waals surface area (Å²) in [5.41, 5.74) is 1.95. The minimum atomic E-state index is 0.0887. The summed E-state index contributed by atoms with van der Waals surface area (Å²) >= 11 is 0. The standard InChI is InChI=1S/C18H24N4O2/c1-24-14-18(23)22-11-6-5-9-16(22)10-12-21-13-17(19-20-21)15-7-3-2-4-8-15/h2-4,7-8,13,16H,5-6,9-12,14H2,1H3. The summed E-state index contributed by atoms with van der Waals surface area (Å²) in [4.78, 5) is 14.1. The average Bonchev–Trinajstić information content (AvgIpc) is 3.10. The molecule has 1 aromatic heterocycles. The fourth-order valence-corrected chi connectivity index (χ4v) is 3.27. The first kappa shape index (κ1) is 16.6. The van der Waals surface area contributed by atoms with Crippen LogP contribution in [0, 0.1) is 0 Å². The van der Waals surface area contributed by atoms with Crippen molar-refractivity contribution >= 4 is 5.91 Å². The number of piperidine rings is 1. The Hall–Kier alpha value is -2.21. The first-order valence-corrected chi connectivity index (χ1v) is 8.52. The van der Waals surface area contributed by atoms with Crippen molar-refractivity contribution in [2.45, 2.75) is 38.3 Å². The summed E-state index contributed by atoms with van der Waals surface area (Å²) in [5.74, 6) is 0.0887. The van der Waals surface area contributed by atoms with E-state index in [1.807, 2.05) is 46.1 Å². The minimum Gasteiger partial charge on any atom is -0.375 e. The maximum Gasteiger partial charge on any atom is 0.248 e. The van der Waals surface area contributed by atoms with Crippen LogP contribution in [0.25, 0.3) is 11.3 Å². The van der Waals surface area contributed by atoms with Crippen molar-refractivity contribution in [1.82, 2.24) is 19.9 Å². The Morgan fingerprint density at radius 3 is 2.92 bits per heavy atom. The molecular formula is C18H24N4O2. The van der Waals surface area contributed by atoms with Crippen molar-refractivity contribution in [3.8, 4) is 11.3 Å². The highest BCUT2D eigenvalue weighted by Gasteiger charge is 2.26. The molecule has 1 aliphatic rings. The summed E-state index contributed by atoms with van der Waals surface area (Å²) < 4.78 is 6.87. The van der Waals surface area contributed by atoms with Crippen molar-refractivity contribution in [1.29, 1.82) is 0 Å². The third-order valence-corrected chi connectivity index (χ3v) is 4.51. The van der Waals surface area contributed by atoms with E-state index in [1.54, 1.807) is 7.11 Å². The van der Waals surface area contributed by atoms with E-state index in [9.17, 15) is 4.79 Å². The van der Waals surface area contributed by atoms with Gasteiger partial charge in [0, 0.05) is 31.8 Å². The van der Waals surface area contributed by atoms with E-state index in [4.69, 9.17) is 4.74 Å². The highest BCUT2D eigenvalue weighted by atomic mass is 16.5. The molecule has 6 nitrogen and oxygen atoms in total. The van der Waals surface area contributed by atoms with Crippen molar-refractivity contribution in [3.63, 3.8) is 0 Å². The van der Waals surface area contributed by atoms with Crippen LogP contribution in [0.15, 0.2) is 36.5 Å². The summed E-state index contributed by atoms with van der Waals surface area (Å²) in [6.07, 6.45) is 6.17. The average molecular weight is 328 g/mol. The Bertz CT molecular complexity index is 656. The zero-order valence-electron chi connectivity index (χ0n) is 14.1. The van der Waals surface area contributed by atoms with E-state index >= 15 is 0 Å². The number of benzene rings is 1. The second-order valence-electron chi connectivity index (χ2n) is 6.19. The number of nitrogens with zero attached hydrogens (tertiary/aromatic N) is 4. The van der Waals surface area contributed by atoms with Gasteiger partial charge in [0.1, 0.15) is 12.3 Å². The SMILES string of the molecule is COCC(=O)N1CCCCC1CCn1cc(-c2ccccc2)nn1. The lowest BCUT2D eigenvalue weighted by molar-refractivity contribution is -0.139. The number of rotatable bonds is 6. The second-order valence-corrected chi connectivity index (χ2v) is 6.19. The Kier molecular flexibility index (Phi) is 5.59. The van der Waals surface area contributed by atoms with Crippen molar-refractivity contribution in [2.75, 3.05) is 20.3 Å². The first-order valence-electron chi connectivity index (χ1n) is 8.52. The van der Waals surface area contributed by atoms with Crippen LogP contribution in [0.5, 0.6) is 0 Å². The summed E-state index contributed by atoms with van der Waals surface area (Å²) in [6, 6.07) is 10.3. The van der Waals surface area contributed by atoms with Gasteiger partial charge in [0.15, 0.2) is 0 Å². The normalized spacial score (nSPS) is 17.9. The molecule has 2 heterocycles. The van der Waals surface area contributed by atoms with Crippen LogP contribution >= 0.6 is 0 Å². The van der Waals surface area contributed by atoms with Gasteiger partial charge in [-0.15, -0.1) is 5.10 Å². The van der Waals surface area contributed by atoms with Crippen molar-refractivity contribution < 1.29 is 9.53 Å². The number of carbonyl (C=O) groups is 1. The van der Waals surface area contributed by atoms with Gasteiger partial charge in [-0.3, -0.25) is 9.48 Å². The third kappa shape index (κ3) is 4.00. The van der Waals surface area contributed by atoms with Crippen LogP contribution in [-0.2, 0) is 16.1 Å². The van der Waals surface area contributed by atoms with Crippen LogP contribution in [0.3, 0.4) is 0 Å². The maximum absolute atomic E-state index is 12.2. The molecule has 0 saturated carbocycles. The molecule has 2 aromatic rings. The lowest BCUT2D eigenvalue weighted by Gasteiger charge is -2.35. The van der Waals surface area contributed by atoms with Gasteiger partial charge < -0.3 is 9.64 Å². The summed E-state index contributed by atoms with van der Waals surface area (Å²) in [5, 5.41) is 8.47. The number of aryl methyl sites for hydroxylation is 1. The molecule has 1 aromatic carbocycles. The molecule has 1 fully saturated rings. The fraction of sp³-hybridized carbons (Fsp3) is 0.500. The van der Waals surface area contributed by atoms with E-state index in [2.05, 4.69) is 10.3 Å². The maximum atomic E-state index is 12.2. The lowest BCUT2D eigenvalue weighted by Crippen LogP contribution is -2.45. The van der Waals surface area contributed by atoms with Crippen LogP contribution in [0.4, 0.5) is 0 Å². The molecule has 1 atom stereocenters. The largest absolute Gasteiger partial charge is 0.375 e. The van der Waals surface area contributed by atoms with Gasteiger partial charge in [0.2, 0.25) is 5.91 Å². The second kappa shape index (κ2) is 8.06. The highest BCUT2D eigenvalue weighted by molar-refractivity contribution is 5.77. The van der Waals surface area contributed by atoms with E-state index in [0.717, 1.165) is 43.6 Å². The summed E-state index contributed by atoms with van der Waals surface area (Å²) in [7, 11) is 1.57. The number of methoxy groups -OCH3 is 1. The molecular weight excluding hydrogens is 304 g/mol. The molecule has 1 aliphatic heterocycles. The Morgan fingerprint density at radius 1 is 1.29 bits per heavy atom. The molecule has 24 heavy (non-hydrogen) atoms. The number of ether oxygens (including phenoxy) is 1. The number of hydrogen-bond acceptors (Lipinski definition) is 4. The van der Waals surface area contributed by atoms with Gasteiger partial charge in [-0.25, -0.2) is 0 Å². The van der Waals surface area contributed by atoms with E-state index < -0.39 is 0 Å². The Morgan fingerprint density at radius 2 is 2.12 bits per heavy atom. The monoisotopic (exact) mass is 328 g/mol. The molecule has 1 saturated heterocycles. The quantitative estimate of drug-likeness (QED) is 0.817. The lowest BCUT2D eigenvalue weighted by atomic mass is 9.99. The number of hydrogen-bond donors (Lipinski definition) is 0. The molecule has 0 spiro atoms. The Labute approximate surface area is 142 Å². The van der Waals surface area contributed by atoms with Crippen LogP contribution in [0.2, 0.25) is 0 Å². The topological polar surface area (TPSA) is 60.2 Å². The number of likely N-dealkylation sites (tertiary alicyclic amines) is 1. The van der Waals surface area contributed by atoms with Crippen molar-refractivity contribution in [2.24, 2.45) is 0 Å². The summed E-state index contributed by atoms with van der Waals surface area (Å²) in [6.45, 7) is 1.76. The molecule has 0 aliphatic carbocycles. The highest BCUT2D eigenvalue weighted by Crippen LogP contribution is 2.21. The molecule has 6 heteroatoms. The molecule has 1 amide bonds. The molecule has 128 valence electrons. The fourth-order valence-electron chi connectivity index (χ4n) is 3.27. The molecule has 0 N–H and O–H groups in total. The first-order chi connectivity index (χ1) is 11.8. The van der Waals surface area contributed by atoms with Gasteiger partial charge in [-0.2, -0.15) is 0 Å². The smallest absolute Gasteiger partial charge is 0.248 e. The number of carbonyl (C=O) groups excluding carboxylic acids is 1. The van der Waals surface area contributed by atoms with Crippen LogP contribution in [-0.4, -0.2) is 52.1 Å². The van der Waals surface area contributed by atoms with Gasteiger partial charge in [-0.05, 0) is 25.7 Å². The zero-order valence-corrected chi connectivity index (χ0v) is 14.1. The third-order valence-electron chi connectivity index (χ3n) is 4.51. The van der Waals surface area contributed by atoms with Gasteiger partial charge in [0.05, 0.1) is 6.20 Å². The van der Waals surface area contributed by atoms with Crippen LogP contribution < -0.4 is 0 Å². The predicted molar refractivity (Wildman–Crippen MR) is 91.3 cm³/mol. The number of amides is 1. The zero-order chi connectivity index (χ0) is 16.8. The van der Waals surface area contributed by atoms with E-state index in [1.165, 1.54) is 6.42 Å². The molecule has 1 unspecified atom stereocenters. The Balaban J connectivity index is 1.60. The van der Waals surface area contributed by atoms with E-state index in [-0.39, 0.29) is 18.6 Å². The number of aromatic nitrogens is 3. The molecule has 0 bridgehead atoms. The van der Waals surface area contributed by atoms with Crippen LogP contribution in [0.1, 0.15) is 25.7 Å². The van der Waals surface area contributed by atoms with Crippen molar-refractivity contribution in [3.05, 3.63) is 36.5 Å². The van der Waals surface area contributed by atoms with Gasteiger partial charge in [-0.1, -0.05) is 35.5 Å².